The average molecular weight is 238 g/mol. The maximum atomic E-state index is 6.40. The Hall–Kier alpha value is -0.160. The normalized spacial score (nSPS) is 39.2. The summed E-state index contributed by atoms with van der Waals surface area (Å²) in [6, 6.07) is 0. The number of hydrogen-bond donors (Lipinski definition) is 1. The molecule has 0 aliphatic carbocycles. The van der Waals surface area contributed by atoms with Crippen molar-refractivity contribution in [1.82, 2.24) is 10.2 Å². The molecule has 17 heavy (non-hydrogen) atoms. The molecule has 4 aliphatic rings. The Balaban J connectivity index is 1.35. The van der Waals surface area contributed by atoms with Crippen LogP contribution in [0.15, 0.2) is 0 Å². The molecule has 1 atom stereocenters. The summed E-state index contributed by atoms with van der Waals surface area (Å²) in [6.07, 6.45) is 5.30. The number of ether oxygens (including phenoxy) is 2. The summed E-state index contributed by atoms with van der Waals surface area (Å²) >= 11 is 0. The lowest BCUT2D eigenvalue weighted by Crippen LogP contribution is -2.68. The van der Waals surface area contributed by atoms with E-state index in [1.54, 1.807) is 0 Å². The molecule has 4 heteroatoms. The first-order valence-electron chi connectivity index (χ1n) is 7.00. The number of nitrogens with zero attached hydrogens (tertiary/aromatic N) is 1. The lowest BCUT2D eigenvalue weighted by atomic mass is 9.78. The van der Waals surface area contributed by atoms with Gasteiger partial charge in [-0.25, -0.2) is 0 Å². The zero-order chi connectivity index (χ0) is 11.3. The summed E-state index contributed by atoms with van der Waals surface area (Å²) in [5, 5.41) is 3.43. The third-order valence-electron chi connectivity index (χ3n) is 5.05. The van der Waals surface area contributed by atoms with Gasteiger partial charge in [0.15, 0.2) is 0 Å². The number of hydrogen-bond acceptors (Lipinski definition) is 4. The van der Waals surface area contributed by atoms with Crippen molar-refractivity contribution in [3.63, 3.8) is 0 Å². The van der Waals surface area contributed by atoms with Gasteiger partial charge in [0.2, 0.25) is 0 Å². The fraction of sp³-hybridized carbons (Fsp3) is 1.00. The molecule has 0 aromatic carbocycles. The molecule has 1 unspecified atom stereocenters. The van der Waals surface area contributed by atoms with Crippen molar-refractivity contribution in [2.75, 3.05) is 39.4 Å². The van der Waals surface area contributed by atoms with Crippen LogP contribution in [0.3, 0.4) is 0 Å². The highest BCUT2D eigenvalue weighted by molar-refractivity contribution is 5.02. The van der Waals surface area contributed by atoms with Crippen LogP contribution in [0.2, 0.25) is 0 Å². The Morgan fingerprint density at radius 1 is 1.06 bits per heavy atom. The monoisotopic (exact) mass is 238 g/mol. The summed E-state index contributed by atoms with van der Waals surface area (Å²) < 4.78 is 11.7. The molecule has 0 bridgehead atoms. The quantitative estimate of drug-likeness (QED) is 0.724. The van der Waals surface area contributed by atoms with Crippen LogP contribution in [0, 0.1) is 5.41 Å². The minimum Gasteiger partial charge on any atom is -0.380 e. The summed E-state index contributed by atoms with van der Waals surface area (Å²) in [5.41, 5.74) is 0.738. The third kappa shape index (κ3) is 1.65. The van der Waals surface area contributed by atoms with Gasteiger partial charge in [-0.2, -0.15) is 0 Å². The molecule has 4 heterocycles. The number of nitrogens with one attached hydrogen (secondary N) is 1. The summed E-state index contributed by atoms with van der Waals surface area (Å²) in [6.45, 7) is 6.61. The van der Waals surface area contributed by atoms with E-state index in [9.17, 15) is 0 Å². The van der Waals surface area contributed by atoms with Gasteiger partial charge in [0, 0.05) is 18.5 Å². The van der Waals surface area contributed by atoms with Crippen LogP contribution >= 0.6 is 0 Å². The van der Waals surface area contributed by atoms with Crippen LogP contribution in [0.25, 0.3) is 0 Å². The van der Waals surface area contributed by atoms with Gasteiger partial charge in [-0.05, 0) is 38.8 Å². The minimum atomic E-state index is 0.217. The maximum Gasteiger partial charge on any atom is 0.111 e. The number of likely N-dealkylation sites (tertiary alicyclic amines) is 1. The van der Waals surface area contributed by atoms with Crippen molar-refractivity contribution in [2.24, 2.45) is 5.41 Å². The van der Waals surface area contributed by atoms with Gasteiger partial charge in [0.1, 0.15) is 6.23 Å². The van der Waals surface area contributed by atoms with E-state index < -0.39 is 0 Å². The molecule has 2 spiro atoms. The van der Waals surface area contributed by atoms with Crippen molar-refractivity contribution < 1.29 is 9.47 Å². The van der Waals surface area contributed by atoms with Crippen LogP contribution in [0.4, 0.5) is 0 Å². The Labute approximate surface area is 103 Å². The van der Waals surface area contributed by atoms with Crippen LogP contribution in [0.1, 0.15) is 25.7 Å². The SMILES string of the molecule is C1CC2(CCN1)CCC(N1CC3(COC3)C1)O2. The Kier molecular flexibility index (Phi) is 2.32. The molecule has 1 N–H and O–H groups in total. The first kappa shape index (κ1) is 10.7. The highest BCUT2D eigenvalue weighted by Gasteiger charge is 2.53. The van der Waals surface area contributed by atoms with Crippen molar-refractivity contribution in [1.29, 1.82) is 0 Å². The van der Waals surface area contributed by atoms with Crippen molar-refractivity contribution >= 4 is 0 Å². The summed E-state index contributed by atoms with van der Waals surface area (Å²) in [4.78, 5) is 2.53. The first-order chi connectivity index (χ1) is 8.29. The van der Waals surface area contributed by atoms with Crippen molar-refractivity contribution in [2.45, 2.75) is 37.5 Å². The molecule has 4 aliphatic heterocycles. The highest BCUT2D eigenvalue weighted by atomic mass is 16.5. The number of rotatable bonds is 1. The van der Waals surface area contributed by atoms with E-state index in [1.165, 1.54) is 38.8 Å². The summed E-state index contributed by atoms with van der Waals surface area (Å²) in [5.74, 6) is 0. The molecular formula is C13H22N2O2. The van der Waals surface area contributed by atoms with E-state index in [0.29, 0.717) is 11.6 Å². The van der Waals surface area contributed by atoms with Crippen molar-refractivity contribution in [3.05, 3.63) is 0 Å². The third-order valence-corrected chi connectivity index (χ3v) is 5.05. The molecule has 0 amide bonds. The van der Waals surface area contributed by atoms with Crippen LogP contribution in [-0.4, -0.2) is 56.1 Å². The lowest BCUT2D eigenvalue weighted by molar-refractivity contribution is -0.236. The summed E-state index contributed by atoms with van der Waals surface area (Å²) in [7, 11) is 0. The van der Waals surface area contributed by atoms with E-state index in [1.807, 2.05) is 0 Å². The Morgan fingerprint density at radius 2 is 1.82 bits per heavy atom. The smallest absolute Gasteiger partial charge is 0.111 e. The van der Waals surface area contributed by atoms with Crippen LogP contribution in [-0.2, 0) is 9.47 Å². The van der Waals surface area contributed by atoms with Crippen molar-refractivity contribution in [3.8, 4) is 0 Å². The Morgan fingerprint density at radius 3 is 2.47 bits per heavy atom. The molecule has 4 saturated heterocycles. The second-order valence-corrected chi connectivity index (χ2v) is 6.44. The van der Waals surface area contributed by atoms with Gasteiger partial charge in [-0.15, -0.1) is 0 Å². The van der Waals surface area contributed by atoms with Gasteiger partial charge < -0.3 is 14.8 Å². The zero-order valence-corrected chi connectivity index (χ0v) is 10.4. The average Bonchev–Trinajstić information content (AvgIpc) is 2.59. The molecular weight excluding hydrogens is 216 g/mol. The molecule has 0 aromatic heterocycles. The van der Waals surface area contributed by atoms with Crippen LogP contribution < -0.4 is 5.32 Å². The fourth-order valence-electron chi connectivity index (χ4n) is 3.89. The van der Waals surface area contributed by atoms with Gasteiger partial charge >= 0.3 is 0 Å². The second kappa shape index (κ2) is 3.67. The molecule has 0 saturated carbocycles. The molecule has 96 valence electrons. The topological polar surface area (TPSA) is 33.7 Å². The Bertz CT molecular complexity index is 303. The van der Waals surface area contributed by atoms with E-state index in [4.69, 9.17) is 9.47 Å². The maximum absolute atomic E-state index is 6.40. The van der Waals surface area contributed by atoms with Gasteiger partial charge in [0.25, 0.3) is 0 Å². The van der Waals surface area contributed by atoms with Crippen LogP contribution in [0.5, 0.6) is 0 Å². The predicted octanol–water partition coefficient (Wildman–Crippen LogP) is 0.577. The predicted molar refractivity (Wildman–Crippen MR) is 63.8 cm³/mol. The minimum absolute atomic E-state index is 0.217. The fourth-order valence-corrected chi connectivity index (χ4v) is 3.89. The second-order valence-electron chi connectivity index (χ2n) is 6.44. The van der Waals surface area contributed by atoms with Gasteiger partial charge in [-0.1, -0.05) is 0 Å². The standard InChI is InChI=1S/C13H22N2O2/c1-2-13(3-5-14-6-4-13)17-11(1)15-7-12(8-15)9-16-10-12/h11,14H,1-10H2. The number of piperidine rings is 1. The molecule has 4 rings (SSSR count). The van der Waals surface area contributed by atoms with Gasteiger partial charge in [0.05, 0.1) is 18.8 Å². The van der Waals surface area contributed by atoms with E-state index in [0.717, 1.165) is 26.3 Å². The first-order valence-corrected chi connectivity index (χ1v) is 7.00. The van der Waals surface area contributed by atoms with E-state index in [-0.39, 0.29) is 5.60 Å². The largest absolute Gasteiger partial charge is 0.380 e. The van der Waals surface area contributed by atoms with Gasteiger partial charge in [-0.3, -0.25) is 4.90 Å². The highest BCUT2D eigenvalue weighted by Crippen LogP contribution is 2.44. The molecule has 4 nitrogen and oxygen atoms in total. The molecule has 4 fully saturated rings. The molecule has 0 aromatic rings. The zero-order valence-electron chi connectivity index (χ0n) is 10.4. The molecule has 0 radical (unpaired) electrons. The van der Waals surface area contributed by atoms with E-state index >= 15 is 0 Å². The van der Waals surface area contributed by atoms with E-state index in [2.05, 4.69) is 10.2 Å². The lowest BCUT2D eigenvalue weighted by Gasteiger charge is -2.56.